The Labute approximate surface area is 230 Å². The van der Waals surface area contributed by atoms with Crippen LogP contribution in [0.3, 0.4) is 0 Å². The first-order chi connectivity index (χ1) is 18.5. The molecule has 2 saturated heterocycles. The Morgan fingerprint density at radius 3 is 2.41 bits per heavy atom. The third kappa shape index (κ3) is 4.96. The van der Waals surface area contributed by atoms with Crippen LogP contribution in [0.5, 0.6) is 0 Å². The second-order valence-electron chi connectivity index (χ2n) is 11.9. The Morgan fingerprint density at radius 2 is 1.79 bits per heavy atom. The molecule has 210 valence electrons. The Kier molecular flexibility index (Phi) is 7.28. The fraction of sp³-hybridized carbons (Fsp3) is 0.607. The quantitative estimate of drug-likeness (QED) is 0.521. The molecular weight excluding hydrogens is 499 g/mol. The molecule has 2 aliphatic heterocycles. The summed E-state index contributed by atoms with van der Waals surface area (Å²) in [7, 11) is 2.38. The van der Waals surface area contributed by atoms with E-state index in [1.807, 2.05) is 63.1 Å². The van der Waals surface area contributed by atoms with Gasteiger partial charge < -0.3 is 34.0 Å². The van der Waals surface area contributed by atoms with E-state index >= 15 is 0 Å². The monoisotopic (exact) mass is 538 g/mol. The first-order valence-electron chi connectivity index (χ1n) is 13.7. The second kappa shape index (κ2) is 10.3. The maximum Gasteiger partial charge on any atom is 0.494 e. The van der Waals surface area contributed by atoms with Gasteiger partial charge in [-0.25, -0.2) is 9.78 Å². The van der Waals surface area contributed by atoms with E-state index in [4.69, 9.17) is 23.8 Å². The summed E-state index contributed by atoms with van der Waals surface area (Å²) in [4.78, 5) is 35.9. The zero-order valence-electron chi connectivity index (χ0n) is 23.8. The van der Waals surface area contributed by atoms with Gasteiger partial charge in [-0.15, -0.1) is 0 Å². The van der Waals surface area contributed by atoms with Crippen molar-refractivity contribution in [1.29, 1.82) is 0 Å². The Balaban J connectivity index is 1.36. The van der Waals surface area contributed by atoms with Crippen LogP contribution in [0.25, 0.3) is 11.3 Å². The van der Waals surface area contributed by atoms with Crippen molar-refractivity contribution in [3.05, 3.63) is 36.3 Å². The van der Waals surface area contributed by atoms with Gasteiger partial charge in [-0.05, 0) is 70.8 Å². The third-order valence-corrected chi connectivity index (χ3v) is 9.03. The molecule has 2 bridgehead atoms. The van der Waals surface area contributed by atoms with Gasteiger partial charge in [0.15, 0.2) is 0 Å². The number of methoxy groups -OCH3 is 2. The number of alkyl carbamates (subject to hydrolysis) is 1. The highest BCUT2D eigenvalue weighted by atomic mass is 16.7. The number of hydrogen-bond acceptors (Lipinski definition) is 7. The molecule has 1 aromatic heterocycles. The van der Waals surface area contributed by atoms with Gasteiger partial charge in [-0.1, -0.05) is 24.3 Å². The van der Waals surface area contributed by atoms with Crippen molar-refractivity contribution in [2.45, 2.75) is 89.3 Å². The van der Waals surface area contributed by atoms with Crippen LogP contribution in [-0.2, 0) is 23.6 Å². The van der Waals surface area contributed by atoms with E-state index in [0.717, 1.165) is 41.8 Å². The minimum atomic E-state index is -0.860. The van der Waals surface area contributed by atoms with Gasteiger partial charge in [0.05, 0.1) is 42.3 Å². The van der Waals surface area contributed by atoms with Crippen molar-refractivity contribution >= 4 is 24.6 Å². The van der Waals surface area contributed by atoms with Gasteiger partial charge in [0.2, 0.25) is 5.91 Å². The number of nitrogens with zero attached hydrogens (tertiary/aromatic N) is 2. The van der Waals surface area contributed by atoms with E-state index in [1.165, 1.54) is 14.2 Å². The first kappa shape index (κ1) is 27.7. The van der Waals surface area contributed by atoms with Gasteiger partial charge in [-0.2, -0.15) is 0 Å². The number of rotatable bonds is 7. The topological polar surface area (TPSA) is 115 Å². The molecule has 11 heteroatoms. The molecule has 10 nitrogen and oxygen atoms in total. The number of imidazole rings is 1. The van der Waals surface area contributed by atoms with Crippen molar-refractivity contribution in [1.82, 2.24) is 20.2 Å². The Hall–Kier alpha value is -2.89. The normalized spacial score (nSPS) is 26.5. The molecule has 39 heavy (non-hydrogen) atoms. The lowest BCUT2D eigenvalue weighted by molar-refractivity contribution is -0.141. The maximum absolute atomic E-state index is 13.8. The molecule has 5 unspecified atom stereocenters. The summed E-state index contributed by atoms with van der Waals surface area (Å²) in [6, 6.07) is 7.13. The van der Waals surface area contributed by atoms with Crippen molar-refractivity contribution < 1.29 is 28.4 Å². The molecular formula is C28H39BN4O6. The number of likely N-dealkylation sites (tertiary alicyclic amines) is 1. The molecule has 2 aromatic rings. The van der Waals surface area contributed by atoms with Crippen LogP contribution in [0.15, 0.2) is 30.5 Å². The molecule has 5 atom stereocenters. The van der Waals surface area contributed by atoms with Crippen molar-refractivity contribution in [3.63, 3.8) is 0 Å². The molecule has 3 aliphatic rings. The number of aromatic amines is 1. The van der Waals surface area contributed by atoms with E-state index in [9.17, 15) is 9.59 Å². The smallest absolute Gasteiger partial charge is 0.453 e. The van der Waals surface area contributed by atoms with E-state index in [1.54, 1.807) is 6.92 Å². The van der Waals surface area contributed by atoms with Crippen LogP contribution in [0.1, 0.15) is 65.7 Å². The average Bonchev–Trinajstić information content (AvgIpc) is 3.69. The summed E-state index contributed by atoms with van der Waals surface area (Å²) >= 11 is 0. The molecule has 5 rings (SSSR count). The molecule has 0 spiro atoms. The third-order valence-electron chi connectivity index (χ3n) is 9.03. The van der Waals surface area contributed by atoms with E-state index < -0.39 is 36.6 Å². The minimum Gasteiger partial charge on any atom is -0.453 e. The van der Waals surface area contributed by atoms with Gasteiger partial charge in [-0.3, -0.25) is 4.79 Å². The summed E-state index contributed by atoms with van der Waals surface area (Å²) in [6.07, 6.45) is 3.52. The fourth-order valence-electron chi connectivity index (χ4n) is 5.95. The van der Waals surface area contributed by atoms with Crippen LogP contribution >= 0.6 is 0 Å². The number of carbonyl (C=O) groups is 2. The fourth-order valence-corrected chi connectivity index (χ4v) is 5.95. The number of aromatic nitrogens is 2. The van der Waals surface area contributed by atoms with E-state index in [0.29, 0.717) is 5.92 Å². The van der Waals surface area contributed by atoms with Gasteiger partial charge >= 0.3 is 13.2 Å². The number of ether oxygens (including phenoxy) is 2. The second-order valence-corrected chi connectivity index (χ2v) is 11.9. The number of fused-ring (bicyclic) bond motifs is 2. The van der Waals surface area contributed by atoms with Crippen LogP contribution < -0.4 is 10.8 Å². The predicted molar refractivity (Wildman–Crippen MR) is 146 cm³/mol. The number of piperidine rings is 1. The minimum absolute atomic E-state index is 0.103. The summed E-state index contributed by atoms with van der Waals surface area (Å²) in [5, 5.41) is 2.67. The predicted octanol–water partition coefficient (Wildman–Crippen LogP) is 3.19. The number of carbonyl (C=O) groups excluding carboxylic acids is 2. The molecule has 2 N–H and O–H groups in total. The van der Waals surface area contributed by atoms with Crippen LogP contribution in [0, 0.1) is 5.92 Å². The Bertz CT molecular complexity index is 1200. The number of hydrogen-bond donors (Lipinski definition) is 2. The summed E-state index contributed by atoms with van der Waals surface area (Å²) < 4.78 is 22.6. The zero-order chi connectivity index (χ0) is 28.1. The van der Waals surface area contributed by atoms with Crippen LogP contribution in [0.2, 0.25) is 0 Å². The van der Waals surface area contributed by atoms with E-state index in [-0.39, 0.29) is 18.0 Å². The highest BCUT2D eigenvalue weighted by Gasteiger charge is 2.53. The van der Waals surface area contributed by atoms with Gasteiger partial charge in [0.1, 0.15) is 11.9 Å². The molecule has 3 fully saturated rings. The molecule has 1 aromatic carbocycles. The molecule has 2 amide bonds. The molecule has 1 saturated carbocycles. The SMILES string of the molecule is COC(=O)NC(C(=O)N1C2CCC(C2)C1c1ncc(-c2ccc(B3OC(C)(C)C(C)(C)O3)cc2)[nH]1)C(C)OC. The standard InChI is InChI=1S/C28H39BN4O6/c1-16(36-6)22(32-26(35)37-7)25(34)33-20-13-10-18(14-20)23(33)24-30-15-21(31-24)17-8-11-19(12-9-17)29-38-27(2,3)28(4,5)39-29/h8-9,11-12,15-16,18,20,22-23H,10,13-14H2,1-7H3,(H,30,31)(H,32,35). The Morgan fingerprint density at radius 1 is 1.13 bits per heavy atom. The first-order valence-corrected chi connectivity index (χ1v) is 13.7. The number of H-pyrrole nitrogens is 1. The maximum atomic E-state index is 13.8. The lowest BCUT2D eigenvalue weighted by atomic mass is 9.79. The molecule has 0 radical (unpaired) electrons. The van der Waals surface area contributed by atoms with E-state index in [2.05, 4.69) is 10.3 Å². The number of benzene rings is 1. The average molecular weight is 538 g/mol. The van der Waals surface area contributed by atoms with Crippen molar-refractivity contribution in [2.75, 3.05) is 14.2 Å². The zero-order valence-corrected chi connectivity index (χ0v) is 23.8. The number of nitrogens with one attached hydrogen (secondary N) is 2. The molecule has 3 heterocycles. The lowest BCUT2D eigenvalue weighted by Gasteiger charge is -2.37. The van der Waals surface area contributed by atoms with Crippen LogP contribution in [-0.4, -0.2) is 77.6 Å². The molecule has 1 aliphatic carbocycles. The van der Waals surface area contributed by atoms with Crippen molar-refractivity contribution in [3.8, 4) is 11.3 Å². The summed E-state index contributed by atoms with van der Waals surface area (Å²) in [5.74, 6) is 0.875. The highest BCUT2D eigenvalue weighted by Crippen LogP contribution is 2.50. The van der Waals surface area contributed by atoms with Gasteiger partial charge in [0.25, 0.3) is 0 Å². The largest absolute Gasteiger partial charge is 0.494 e. The summed E-state index contributed by atoms with van der Waals surface area (Å²) in [5.41, 5.74) is 2.01. The van der Waals surface area contributed by atoms with Crippen molar-refractivity contribution in [2.24, 2.45) is 5.92 Å². The van der Waals surface area contributed by atoms with Gasteiger partial charge in [0, 0.05) is 13.2 Å². The summed E-state index contributed by atoms with van der Waals surface area (Å²) in [6.45, 7) is 9.93. The number of amides is 2. The lowest BCUT2D eigenvalue weighted by Crippen LogP contribution is -2.56. The van der Waals surface area contributed by atoms with Crippen LogP contribution in [0.4, 0.5) is 4.79 Å². The highest BCUT2D eigenvalue weighted by molar-refractivity contribution is 6.62.